The lowest BCUT2D eigenvalue weighted by atomic mass is 10.2. The van der Waals surface area contributed by atoms with Crippen LogP contribution < -0.4 is 10.6 Å². The second-order valence-corrected chi connectivity index (χ2v) is 5.83. The van der Waals surface area contributed by atoms with E-state index in [2.05, 4.69) is 25.6 Å². The molecule has 0 fully saturated rings. The summed E-state index contributed by atoms with van der Waals surface area (Å²) >= 11 is 0. The highest BCUT2D eigenvalue weighted by atomic mass is 16.2. The highest BCUT2D eigenvalue weighted by molar-refractivity contribution is 5.89. The minimum Gasteiger partial charge on any atom is -0.396 e. The average Bonchev–Trinajstić information content (AvgIpc) is 2.68. The molecule has 0 aliphatic heterocycles. The summed E-state index contributed by atoms with van der Waals surface area (Å²) < 4.78 is 0. The summed E-state index contributed by atoms with van der Waals surface area (Å²) in [7, 11) is 0. The molecule has 0 atom stereocenters. The van der Waals surface area contributed by atoms with Gasteiger partial charge >= 0.3 is 6.03 Å². The maximum Gasteiger partial charge on any atom is 0.320 e. The lowest BCUT2D eigenvalue weighted by Gasteiger charge is -2.08. The molecule has 1 aromatic carbocycles. The second-order valence-electron chi connectivity index (χ2n) is 5.83. The summed E-state index contributed by atoms with van der Waals surface area (Å²) in [5.74, 6) is 0.421. The minimum absolute atomic E-state index is 0.180. The number of benzene rings is 1. The van der Waals surface area contributed by atoms with Gasteiger partial charge in [0.15, 0.2) is 5.65 Å². The Morgan fingerprint density at radius 3 is 2.65 bits per heavy atom. The van der Waals surface area contributed by atoms with Crippen molar-refractivity contribution in [3.05, 3.63) is 48.7 Å². The van der Waals surface area contributed by atoms with Gasteiger partial charge in [-0.05, 0) is 31.4 Å². The number of fused-ring (bicyclic) bond motifs is 1. The number of hydrogen-bond donors (Lipinski definition) is 3. The van der Waals surface area contributed by atoms with Crippen molar-refractivity contribution in [3.8, 4) is 11.3 Å². The summed E-state index contributed by atoms with van der Waals surface area (Å²) in [6.45, 7) is 0.733. The van der Waals surface area contributed by atoms with Crippen LogP contribution in [-0.4, -0.2) is 39.2 Å². The van der Waals surface area contributed by atoms with E-state index in [1.807, 2.05) is 30.3 Å². The first-order chi connectivity index (χ1) is 12.8. The highest BCUT2D eigenvalue weighted by Crippen LogP contribution is 2.18. The molecule has 0 bridgehead atoms. The lowest BCUT2D eigenvalue weighted by Crippen LogP contribution is -2.29. The summed E-state index contributed by atoms with van der Waals surface area (Å²) in [5.41, 5.74) is 2.84. The topological polar surface area (TPSA) is 100 Å². The van der Waals surface area contributed by atoms with E-state index in [0.717, 1.165) is 30.5 Å². The van der Waals surface area contributed by atoms with Gasteiger partial charge in [-0.3, -0.25) is 10.3 Å². The number of aliphatic hydroxyl groups excluding tert-OH is 1. The molecular weight excluding hydrogens is 330 g/mol. The van der Waals surface area contributed by atoms with Gasteiger partial charge in [0.2, 0.25) is 0 Å². The molecule has 2 amide bonds. The maximum atomic E-state index is 11.9. The van der Waals surface area contributed by atoms with E-state index < -0.39 is 0 Å². The van der Waals surface area contributed by atoms with Gasteiger partial charge in [-0.2, -0.15) is 0 Å². The maximum absolute atomic E-state index is 11.9. The zero-order chi connectivity index (χ0) is 18.2. The van der Waals surface area contributed by atoms with E-state index in [1.165, 1.54) is 0 Å². The molecule has 3 rings (SSSR count). The van der Waals surface area contributed by atoms with Gasteiger partial charge in [0.1, 0.15) is 11.3 Å². The zero-order valence-corrected chi connectivity index (χ0v) is 14.4. The SMILES string of the molecule is O=C(NCCCCCO)Nc1ccc2ncc(-c3ccccc3)nc2n1. The molecule has 3 N–H and O–H groups in total. The normalized spacial score (nSPS) is 10.7. The number of carbonyl (C=O) groups excluding carboxylic acids is 1. The van der Waals surface area contributed by atoms with Gasteiger partial charge in [0.05, 0.1) is 11.9 Å². The third-order valence-electron chi connectivity index (χ3n) is 3.84. The van der Waals surface area contributed by atoms with Crippen LogP contribution in [0.2, 0.25) is 0 Å². The number of hydrogen-bond acceptors (Lipinski definition) is 5. The molecule has 0 aliphatic rings. The van der Waals surface area contributed by atoms with Crippen LogP contribution in [0.1, 0.15) is 19.3 Å². The van der Waals surface area contributed by atoms with E-state index >= 15 is 0 Å². The van der Waals surface area contributed by atoms with Gasteiger partial charge in [-0.15, -0.1) is 0 Å². The number of carbonyl (C=O) groups is 1. The molecular formula is C19H21N5O2. The van der Waals surface area contributed by atoms with E-state index in [0.29, 0.717) is 23.5 Å². The van der Waals surface area contributed by atoms with Gasteiger partial charge < -0.3 is 10.4 Å². The van der Waals surface area contributed by atoms with E-state index in [-0.39, 0.29) is 12.6 Å². The van der Waals surface area contributed by atoms with Crippen LogP contribution in [0.15, 0.2) is 48.7 Å². The molecule has 3 aromatic rings. The van der Waals surface area contributed by atoms with Crippen molar-refractivity contribution < 1.29 is 9.90 Å². The van der Waals surface area contributed by atoms with Crippen molar-refractivity contribution in [1.29, 1.82) is 0 Å². The smallest absolute Gasteiger partial charge is 0.320 e. The van der Waals surface area contributed by atoms with Gasteiger partial charge in [0.25, 0.3) is 0 Å². The second kappa shape index (κ2) is 8.87. The van der Waals surface area contributed by atoms with Crippen LogP contribution >= 0.6 is 0 Å². The van der Waals surface area contributed by atoms with Crippen molar-refractivity contribution in [2.45, 2.75) is 19.3 Å². The van der Waals surface area contributed by atoms with Crippen molar-refractivity contribution in [1.82, 2.24) is 20.3 Å². The van der Waals surface area contributed by atoms with Crippen molar-refractivity contribution >= 4 is 23.0 Å². The molecule has 7 heteroatoms. The molecule has 0 radical (unpaired) electrons. The Kier molecular flexibility index (Phi) is 6.05. The van der Waals surface area contributed by atoms with Crippen molar-refractivity contribution in [2.75, 3.05) is 18.5 Å². The fourth-order valence-corrected chi connectivity index (χ4v) is 2.49. The van der Waals surface area contributed by atoms with E-state index in [4.69, 9.17) is 5.11 Å². The van der Waals surface area contributed by atoms with Crippen molar-refractivity contribution in [2.24, 2.45) is 0 Å². The molecule has 7 nitrogen and oxygen atoms in total. The highest BCUT2D eigenvalue weighted by Gasteiger charge is 2.07. The van der Waals surface area contributed by atoms with Crippen LogP contribution in [0.5, 0.6) is 0 Å². The largest absolute Gasteiger partial charge is 0.396 e. The van der Waals surface area contributed by atoms with Gasteiger partial charge in [-0.25, -0.2) is 14.8 Å². The number of nitrogens with zero attached hydrogens (tertiary/aromatic N) is 3. The predicted molar refractivity (Wildman–Crippen MR) is 101 cm³/mol. The first-order valence-corrected chi connectivity index (χ1v) is 8.61. The Hall–Kier alpha value is -3.06. The van der Waals surface area contributed by atoms with E-state index in [9.17, 15) is 4.79 Å². The van der Waals surface area contributed by atoms with Crippen LogP contribution in [-0.2, 0) is 0 Å². The Bertz CT molecular complexity index is 870. The number of pyridine rings is 1. The van der Waals surface area contributed by atoms with Crippen molar-refractivity contribution in [3.63, 3.8) is 0 Å². The fourth-order valence-electron chi connectivity index (χ4n) is 2.49. The molecule has 0 saturated heterocycles. The number of amides is 2. The number of nitrogens with one attached hydrogen (secondary N) is 2. The number of unbranched alkanes of at least 4 members (excludes halogenated alkanes) is 2. The lowest BCUT2D eigenvalue weighted by molar-refractivity contribution is 0.251. The Balaban J connectivity index is 1.67. The monoisotopic (exact) mass is 351 g/mol. The fraction of sp³-hybridized carbons (Fsp3) is 0.263. The Morgan fingerprint density at radius 1 is 1.00 bits per heavy atom. The third-order valence-corrected chi connectivity index (χ3v) is 3.84. The number of anilines is 1. The summed E-state index contributed by atoms with van der Waals surface area (Å²) in [6.07, 6.45) is 4.16. The van der Waals surface area contributed by atoms with Crippen LogP contribution in [0.3, 0.4) is 0 Å². The molecule has 0 spiro atoms. The van der Waals surface area contributed by atoms with Crippen LogP contribution in [0.4, 0.5) is 10.6 Å². The average molecular weight is 351 g/mol. The van der Waals surface area contributed by atoms with Crippen LogP contribution in [0, 0.1) is 0 Å². The third kappa shape index (κ3) is 4.73. The standard InChI is InChI=1S/C19H21N5O2/c25-12-6-2-5-11-20-19(26)24-17-10-9-15-18(23-17)22-16(13-21-15)14-7-3-1-4-8-14/h1,3-4,7-10,13,25H,2,5-6,11-12H2,(H2,20,22,23,24,26). The number of aliphatic hydroxyl groups is 1. The Morgan fingerprint density at radius 2 is 1.85 bits per heavy atom. The quantitative estimate of drug-likeness (QED) is 0.568. The predicted octanol–water partition coefficient (Wildman–Crippen LogP) is 2.98. The van der Waals surface area contributed by atoms with E-state index in [1.54, 1.807) is 18.3 Å². The number of rotatable bonds is 7. The molecule has 0 unspecified atom stereocenters. The Labute approximate surface area is 151 Å². The molecule has 0 aliphatic carbocycles. The zero-order valence-electron chi connectivity index (χ0n) is 14.4. The van der Waals surface area contributed by atoms with Gasteiger partial charge in [0, 0.05) is 18.7 Å². The molecule has 2 aromatic heterocycles. The number of urea groups is 1. The molecule has 134 valence electrons. The molecule has 26 heavy (non-hydrogen) atoms. The first-order valence-electron chi connectivity index (χ1n) is 8.61. The molecule has 2 heterocycles. The summed E-state index contributed by atoms with van der Waals surface area (Å²) in [5, 5.41) is 14.2. The molecule has 0 saturated carbocycles. The number of aromatic nitrogens is 3. The first kappa shape index (κ1) is 17.8. The summed E-state index contributed by atoms with van der Waals surface area (Å²) in [6, 6.07) is 12.9. The van der Waals surface area contributed by atoms with Crippen LogP contribution in [0.25, 0.3) is 22.4 Å². The summed E-state index contributed by atoms with van der Waals surface area (Å²) in [4.78, 5) is 25.2. The minimum atomic E-state index is -0.312. The van der Waals surface area contributed by atoms with Gasteiger partial charge in [-0.1, -0.05) is 30.3 Å².